The lowest BCUT2D eigenvalue weighted by molar-refractivity contribution is 0.103. The molecule has 0 fully saturated rings. The van der Waals surface area contributed by atoms with Gasteiger partial charge in [0.05, 0.1) is 12.3 Å². The first-order chi connectivity index (χ1) is 7.67. The highest BCUT2D eigenvalue weighted by Crippen LogP contribution is 2.12. The normalized spacial score (nSPS) is 13.2. The largest absolute Gasteiger partial charge is 0.383 e. The molecule has 0 aromatic carbocycles. The fourth-order valence-electron chi connectivity index (χ4n) is 1.73. The van der Waals surface area contributed by atoms with Crippen LogP contribution in [0.4, 0.5) is 5.13 Å². The van der Waals surface area contributed by atoms with Crippen molar-refractivity contribution in [2.24, 2.45) is 0 Å². The van der Waals surface area contributed by atoms with E-state index < -0.39 is 0 Å². The Labute approximate surface area is 101 Å². The Balaban J connectivity index is 2.39. The third kappa shape index (κ3) is 4.08. The van der Waals surface area contributed by atoms with Gasteiger partial charge in [0, 0.05) is 31.5 Å². The molecule has 1 aromatic heterocycles. The molecule has 0 aliphatic carbocycles. The first-order valence-corrected chi connectivity index (χ1v) is 6.48. The number of nitrogens with two attached hydrogens (primary N) is 1. The van der Waals surface area contributed by atoms with E-state index in [0.29, 0.717) is 11.2 Å². The van der Waals surface area contributed by atoms with Crippen molar-refractivity contribution in [1.82, 2.24) is 9.88 Å². The van der Waals surface area contributed by atoms with E-state index in [9.17, 15) is 0 Å². The quantitative estimate of drug-likeness (QED) is 0.790. The predicted molar refractivity (Wildman–Crippen MR) is 68.8 cm³/mol. The SMILES string of the molecule is CCN(CCc1csc(N)n1)C(C)COC. The highest BCUT2D eigenvalue weighted by molar-refractivity contribution is 7.13. The van der Waals surface area contributed by atoms with Gasteiger partial charge in [-0.25, -0.2) is 4.98 Å². The summed E-state index contributed by atoms with van der Waals surface area (Å²) in [7, 11) is 1.74. The Morgan fingerprint density at radius 2 is 2.38 bits per heavy atom. The maximum atomic E-state index is 5.60. The number of ether oxygens (including phenoxy) is 1. The van der Waals surface area contributed by atoms with Crippen molar-refractivity contribution in [1.29, 1.82) is 0 Å². The Bertz CT molecular complexity index is 303. The van der Waals surface area contributed by atoms with Gasteiger partial charge in [0.2, 0.25) is 0 Å². The standard InChI is InChI=1S/C11H21N3OS/c1-4-14(9(2)7-15-3)6-5-10-8-16-11(12)13-10/h8-9H,4-7H2,1-3H3,(H2,12,13). The monoisotopic (exact) mass is 243 g/mol. The molecule has 5 heteroatoms. The molecular weight excluding hydrogens is 222 g/mol. The van der Waals surface area contributed by atoms with Gasteiger partial charge in [-0.2, -0.15) is 0 Å². The Morgan fingerprint density at radius 1 is 1.62 bits per heavy atom. The minimum Gasteiger partial charge on any atom is -0.383 e. The van der Waals surface area contributed by atoms with E-state index in [1.54, 1.807) is 7.11 Å². The summed E-state index contributed by atoms with van der Waals surface area (Å²) >= 11 is 1.51. The molecule has 0 bridgehead atoms. The van der Waals surface area contributed by atoms with Crippen molar-refractivity contribution >= 4 is 16.5 Å². The molecule has 0 radical (unpaired) electrons. The number of nitrogen functional groups attached to an aromatic ring is 1. The molecule has 0 amide bonds. The maximum absolute atomic E-state index is 5.60. The number of aromatic nitrogens is 1. The van der Waals surface area contributed by atoms with Gasteiger partial charge >= 0.3 is 0 Å². The van der Waals surface area contributed by atoms with Crippen molar-refractivity contribution in [3.63, 3.8) is 0 Å². The number of rotatable bonds is 7. The summed E-state index contributed by atoms with van der Waals surface area (Å²) in [6.07, 6.45) is 0.954. The van der Waals surface area contributed by atoms with Gasteiger partial charge in [-0.3, -0.25) is 4.90 Å². The van der Waals surface area contributed by atoms with Gasteiger partial charge in [0.1, 0.15) is 0 Å². The number of thiazole rings is 1. The first kappa shape index (κ1) is 13.4. The lowest BCUT2D eigenvalue weighted by Gasteiger charge is -2.26. The minimum absolute atomic E-state index is 0.450. The summed E-state index contributed by atoms with van der Waals surface area (Å²) in [5.41, 5.74) is 6.69. The second-order valence-electron chi connectivity index (χ2n) is 3.86. The molecule has 0 aliphatic heterocycles. The molecule has 1 unspecified atom stereocenters. The van der Waals surface area contributed by atoms with Crippen molar-refractivity contribution in [3.05, 3.63) is 11.1 Å². The van der Waals surface area contributed by atoms with Crippen LogP contribution in [0.2, 0.25) is 0 Å². The van der Waals surface area contributed by atoms with Crippen LogP contribution in [0.25, 0.3) is 0 Å². The number of anilines is 1. The van der Waals surface area contributed by atoms with Gasteiger partial charge in [-0.15, -0.1) is 11.3 Å². The van der Waals surface area contributed by atoms with Crippen LogP contribution in [0, 0.1) is 0 Å². The molecule has 92 valence electrons. The number of nitrogens with zero attached hydrogens (tertiary/aromatic N) is 2. The van der Waals surface area contributed by atoms with Gasteiger partial charge in [-0.05, 0) is 13.5 Å². The highest BCUT2D eigenvalue weighted by Gasteiger charge is 2.12. The van der Waals surface area contributed by atoms with Crippen molar-refractivity contribution in [2.75, 3.05) is 32.5 Å². The zero-order valence-electron chi connectivity index (χ0n) is 10.3. The Morgan fingerprint density at radius 3 is 2.88 bits per heavy atom. The average Bonchev–Trinajstić information content (AvgIpc) is 2.65. The number of likely N-dealkylation sites (N-methyl/N-ethyl adjacent to an activating group) is 1. The molecule has 0 saturated heterocycles. The van der Waals surface area contributed by atoms with E-state index in [1.807, 2.05) is 5.38 Å². The second kappa shape index (κ2) is 6.83. The molecule has 1 rings (SSSR count). The molecular formula is C11H21N3OS. The van der Waals surface area contributed by atoms with Crippen LogP contribution in [0.5, 0.6) is 0 Å². The minimum atomic E-state index is 0.450. The summed E-state index contributed by atoms with van der Waals surface area (Å²) < 4.78 is 5.17. The molecule has 2 N–H and O–H groups in total. The van der Waals surface area contributed by atoms with E-state index in [2.05, 4.69) is 23.7 Å². The van der Waals surface area contributed by atoms with Crippen molar-refractivity contribution < 1.29 is 4.74 Å². The molecule has 4 nitrogen and oxygen atoms in total. The topological polar surface area (TPSA) is 51.4 Å². The molecule has 0 spiro atoms. The van der Waals surface area contributed by atoms with Crippen LogP contribution in [0.1, 0.15) is 19.5 Å². The molecule has 1 heterocycles. The van der Waals surface area contributed by atoms with Gasteiger partial charge in [0.15, 0.2) is 5.13 Å². The first-order valence-electron chi connectivity index (χ1n) is 5.60. The lowest BCUT2D eigenvalue weighted by atomic mass is 10.2. The van der Waals surface area contributed by atoms with E-state index in [0.717, 1.165) is 31.8 Å². The number of methoxy groups -OCH3 is 1. The predicted octanol–water partition coefficient (Wildman–Crippen LogP) is 1.62. The zero-order valence-corrected chi connectivity index (χ0v) is 11.1. The summed E-state index contributed by atoms with van der Waals surface area (Å²) in [5.74, 6) is 0. The van der Waals surface area contributed by atoms with Crippen LogP contribution in [-0.4, -0.2) is 42.7 Å². The van der Waals surface area contributed by atoms with Crippen LogP contribution in [0.15, 0.2) is 5.38 Å². The van der Waals surface area contributed by atoms with Gasteiger partial charge in [0.25, 0.3) is 0 Å². The summed E-state index contributed by atoms with van der Waals surface area (Å²) in [5, 5.41) is 2.69. The van der Waals surface area contributed by atoms with Crippen molar-refractivity contribution in [3.8, 4) is 0 Å². The van der Waals surface area contributed by atoms with E-state index >= 15 is 0 Å². The van der Waals surface area contributed by atoms with Gasteiger partial charge in [-0.1, -0.05) is 6.92 Å². The Hall–Kier alpha value is -0.650. The molecule has 1 aromatic rings. The molecule has 0 aliphatic rings. The van der Waals surface area contributed by atoms with Crippen LogP contribution >= 0.6 is 11.3 Å². The lowest BCUT2D eigenvalue weighted by Crippen LogP contribution is -2.37. The maximum Gasteiger partial charge on any atom is 0.180 e. The van der Waals surface area contributed by atoms with Crippen LogP contribution in [-0.2, 0) is 11.2 Å². The summed E-state index contributed by atoms with van der Waals surface area (Å²) in [6, 6.07) is 0.450. The smallest absolute Gasteiger partial charge is 0.180 e. The highest BCUT2D eigenvalue weighted by atomic mass is 32.1. The third-order valence-electron chi connectivity index (χ3n) is 2.66. The fraction of sp³-hybridized carbons (Fsp3) is 0.727. The Kier molecular flexibility index (Phi) is 5.73. The third-order valence-corrected chi connectivity index (χ3v) is 3.38. The van der Waals surface area contributed by atoms with Gasteiger partial charge < -0.3 is 10.5 Å². The van der Waals surface area contributed by atoms with Crippen molar-refractivity contribution in [2.45, 2.75) is 26.3 Å². The van der Waals surface area contributed by atoms with E-state index in [4.69, 9.17) is 10.5 Å². The zero-order chi connectivity index (χ0) is 12.0. The summed E-state index contributed by atoms with van der Waals surface area (Å²) in [6.45, 7) is 7.16. The fourth-order valence-corrected chi connectivity index (χ4v) is 2.33. The molecule has 16 heavy (non-hydrogen) atoms. The van der Waals surface area contributed by atoms with Crippen LogP contribution < -0.4 is 5.73 Å². The molecule has 0 saturated carbocycles. The molecule has 1 atom stereocenters. The number of hydrogen-bond donors (Lipinski definition) is 1. The van der Waals surface area contributed by atoms with E-state index in [1.165, 1.54) is 11.3 Å². The van der Waals surface area contributed by atoms with E-state index in [-0.39, 0.29) is 0 Å². The average molecular weight is 243 g/mol. The second-order valence-corrected chi connectivity index (χ2v) is 4.75. The van der Waals surface area contributed by atoms with Crippen LogP contribution in [0.3, 0.4) is 0 Å². The summed E-state index contributed by atoms with van der Waals surface area (Å²) in [4.78, 5) is 6.65. The number of hydrogen-bond acceptors (Lipinski definition) is 5.